The zero-order chi connectivity index (χ0) is 22.9. The molecule has 1 unspecified atom stereocenters. The smallest absolute Gasteiger partial charge is 0.317 e. The number of aliphatic carboxylic acids is 1. The van der Waals surface area contributed by atoms with Gasteiger partial charge in [-0.1, -0.05) is 35.3 Å². The third-order valence-electron chi connectivity index (χ3n) is 4.84. The van der Waals surface area contributed by atoms with E-state index in [-0.39, 0.29) is 18.4 Å². The van der Waals surface area contributed by atoms with Crippen molar-refractivity contribution in [1.29, 1.82) is 0 Å². The second-order valence-corrected chi connectivity index (χ2v) is 8.10. The van der Waals surface area contributed by atoms with E-state index in [1.807, 2.05) is 24.3 Å². The lowest BCUT2D eigenvalue weighted by Crippen LogP contribution is -2.24. The Hall–Kier alpha value is -2.86. The topological polar surface area (TPSA) is 75.6 Å². The summed E-state index contributed by atoms with van der Waals surface area (Å²) in [7, 11) is 0. The van der Waals surface area contributed by atoms with Crippen molar-refractivity contribution in [1.82, 2.24) is 5.32 Å². The number of halogens is 2. The van der Waals surface area contributed by atoms with Crippen molar-refractivity contribution in [2.45, 2.75) is 18.9 Å². The minimum Gasteiger partial charge on any atom is -0.486 e. The normalized spacial score (nSPS) is 11.7. The van der Waals surface area contributed by atoms with Gasteiger partial charge in [-0.05, 0) is 85.6 Å². The summed E-state index contributed by atoms with van der Waals surface area (Å²) in [5, 5.41) is 12.8. The minimum absolute atomic E-state index is 0.0738. The zero-order valence-corrected chi connectivity index (χ0v) is 18.8. The van der Waals surface area contributed by atoms with E-state index in [1.165, 1.54) is 0 Å². The number of carboxylic acid groups (broad SMARTS) is 1. The van der Waals surface area contributed by atoms with Gasteiger partial charge in [0.1, 0.15) is 11.9 Å². The molecular weight excluding hydrogens is 449 g/mol. The molecule has 0 fully saturated rings. The molecule has 0 aliphatic rings. The number of benzene rings is 3. The molecule has 0 amide bonds. The van der Waals surface area contributed by atoms with E-state index in [0.717, 1.165) is 12.0 Å². The molecule has 2 N–H and O–H groups in total. The molecule has 0 spiro atoms. The number of hydrogen-bond acceptors (Lipinski definition) is 4. The largest absolute Gasteiger partial charge is 0.486 e. The number of rotatable bonds is 11. The Balaban J connectivity index is 1.67. The molecule has 166 valence electrons. The lowest BCUT2D eigenvalue weighted by Gasteiger charge is -2.20. The predicted molar refractivity (Wildman–Crippen MR) is 126 cm³/mol. The maximum absolute atomic E-state index is 12.7. The van der Waals surface area contributed by atoms with Crippen molar-refractivity contribution in [3.8, 4) is 5.75 Å². The lowest BCUT2D eigenvalue weighted by atomic mass is 10.0. The van der Waals surface area contributed by atoms with Gasteiger partial charge in [0, 0.05) is 21.2 Å². The van der Waals surface area contributed by atoms with Crippen LogP contribution in [0.15, 0.2) is 72.8 Å². The van der Waals surface area contributed by atoms with Crippen LogP contribution < -0.4 is 10.1 Å². The third kappa shape index (κ3) is 7.09. The zero-order valence-electron chi connectivity index (χ0n) is 17.3. The molecule has 1 atom stereocenters. The number of carboxylic acids is 1. The monoisotopic (exact) mass is 471 g/mol. The van der Waals surface area contributed by atoms with Crippen molar-refractivity contribution in [3.63, 3.8) is 0 Å². The number of nitrogens with one attached hydrogen (secondary N) is 1. The van der Waals surface area contributed by atoms with E-state index < -0.39 is 5.97 Å². The third-order valence-corrected chi connectivity index (χ3v) is 5.34. The number of hydrogen-bond donors (Lipinski definition) is 2. The summed E-state index contributed by atoms with van der Waals surface area (Å²) in [6, 6.07) is 21.2. The average molecular weight is 472 g/mol. The highest BCUT2D eigenvalue weighted by molar-refractivity contribution is 6.31. The molecule has 0 bridgehead atoms. The van der Waals surface area contributed by atoms with Crippen molar-refractivity contribution in [3.05, 3.63) is 99.5 Å². The molecule has 0 aliphatic heterocycles. The fourth-order valence-electron chi connectivity index (χ4n) is 3.20. The summed E-state index contributed by atoms with van der Waals surface area (Å²) in [5.41, 5.74) is 2.09. The summed E-state index contributed by atoms with van der Waals surface area (Å²) in [4.78, 5) is 23.3. The molecule has 0 aromatic heterocycles. The van der Waals surface area contributed by atoms with Crippen LogP contribution in [-0.4, -0.2) is 29.9 Å². The van der Waals surface area contributed by atoms with Gasteiger partial charge < -0.3 is 15.2 Å². The Kier molecular flexibility index (Phi) is 8.68. The Bertz CT molecular complexity index is 1040. The van der Waals surface area contributed by atoms with Gasteiger partial charge in [0.2, 0.25) is 0 Å². The van der Waals surface area contributed by atoms with Gasteiger partial charge in [0.25, 0.3) is 0 Å². The Morgan fingerprint density at radius 3 is 1.94 bits per heavy atom. The Morgan fingerprint density at radius 2 is 1.38 bits per heavy atom. The van der Waals surface area contributed by atoms with Crippen LogP contribution in [0.1, 0.15) is 40.4 Å². The molecule has 3 aromatic rings. The molecule has 3 rings (SSSR count). The van der Waals surface area contributed by atoms with Gasteiger partial charge in [-0.2, -0.15) is 0 Å². The molecule has 0 radical (unpaired) electrons. The Morgan fingerprint density at radius 1 is 0.844 bits per heavy atom. The van der Waals surface area contributed by atoms with E-state index in [1.54, 1.807) is 48.5 Å². The molecule has 0 aliphatic carbocycles. The van der Waals surface area contributed by atoms with Crippen LogP contribution >= 0.6 is 23.2 Å². The molecule has 32 heavy (non-hydrogen) atoms. The first-order valence-corrected chi connectivity index (χ1v) is 10.9. The lowest BCUT2D eigenvalue weighted by molar-refractivity contribution is -0.135. The second kappa shape index (κ2) is 11.7. The van der Waals surface area contributed by atoms with E-state index in [4.69, 9.17) is 33.0 Å². The van der Waals surface area contributed by atoms with Crippen molar-refractivity contribution in [2.75, 3.05) is 13.1 Å². The fraction of sp³-hybridized carbons (Fsp3) is 0.200. The van der Waals surface area contributed by atoms with E-state index >= 15 is 0 Å². The van der Waals surface area contributed by atoms with Crippen molar-refractivity contribution in [2.24, 2.45) is 0 Å². The van der Waals surface area contributed by atoms with E-state index in [2.05, 4.69) is 5.32 Å². The molecule has 0 saturated carbocycles. The average Bonchev–Trinajstić information content (AvgIpc) is 2.79. The van der Waals surface area contributed by atoms with Gasteiger partial charge >= 0.3 is 5.97 Å². The van der Waals surface area contributed by atoms with Gasteiger partial charge in [0.15, 0.2) is 5.78 Å². The van der Waals surface area contributed by atoms with Crippen molar-refractivity contribution >= 4 is 35.0 Å². The van der Waals surface area contributed by atoms with Crippen molar-refractivity contribution < 1.29 is 19.4 Å². The maximum atomic E-state index is 12.7. The molecule has 7 heteroatoms. The minimum atomic E-state index is -0.885. The molecule has 5 nitrogen and oxygen atoms in total. The predicted octanol–water partition coefficient (Wildman–Crippen LogP) is 5.80. The summed E-state index contributed by atoms with van der Waals surface area (Å²) < 4.78 is 6.21. The standard InChI is InChI=1S/C25H23Cl2NO4/c26-20-9-3-17(4-10-20)23(2-1-15-28-16-24(29)30)32-22-13-7-19(8-14-22)25(31)18-5-11-21(27)12-6-18/h3-14,23,28H,1-2,15-16H2,(H,29,30). The Labute approximate surface area is 196 Å². The first-order chi connectivity index (χ1) is 15.4. The van der Waals surface area contributed by atoms with Gasteiger partial charge in [-0.15, -0.1) is 0 Å². The first-order valence-electron chi connectivity index (χ1n) is 10.2. The first kappa shape index (κ1) is 23.8. The quantitative estimate of drug-likeness (QED) is 0.273. The van der Waals surface area contributed by atoms with Gasteiger partial charge in [-0.25, -0.2) is 0 Å². The van der Waals surface area contributed by atoms with E-state index in [9.17, 15) is 9.59 Å². The number of carbonyl (C=O) groups is 2. The van der Waals surface area contributed by atoms with Crippen LogP contribution in [-0.2, 0) is 4.79 Å². The fourth-order valence-corrected chi connectivity index (χ4v) is 3.45. The summed E-state index contributed by atoms with van der Waals surface area (Å²) in [5.74, 6) is -0.341. The number of ether oxygens (including phenoxy) is 1. The van der Waals surface area contributed by atoms with Gasteiger partial charge in [-0.3, -0.25) is 9.59 Å². The van der Waals surface area contributed by atoms with E-state index in [0.29, 0.717) is 39.9 Å². The maximum Gasteiger partial charge on any atom is 0.317 e. The van der Waals surface area contributed by atoms with Gasteiger partial charge in [0.05, 0.1) is 6.54 Å². The number of carbonyl (C=O) groups excluding carboxylic acids is 1. The van der Waals surface area contributed by atoms with Crippen LogP contribution in [0.25, 0.3) is 0 Å². The molecule has 0 heterocycles. The molecule has 0 saturated heterocycles. The highest BCUT2D eigenvalue weighted by Crippen LogP contribution is 2.27. The highest BCUT2D eigenvalue weighted by atomic mass is 35.5. The molecular formula is C25H23Cl2NO4. The summed E-state index contributed by atoms with van der Waals surface area (Å²) in [6.07, 6.45) is 1.17. The van der Waals surface area contributed by atoms with Crippen LogP contribution in [0.4, 0.5) is 0 Å². The van der Waals surface area contributed by atoms with Crippen LogP contribution in [0.2, 0.25) is 10.0 Å². The van der Waals surface area contributed by atoms with Crippen LogP contribution in [0, 0.1) is 0 Å². The number of ketones is 1. The van der Waals surface area contributed by atoms with Crippen LogP contribution in [0.5, 0.6) is 5.75 Å². The summed E-state index contributed by atoms with van der Waals surface area (Å²) >= 11 is 11.9. The second-order valence-electron chi connectivity index (χ2n) is 7.23. The summed E-state index contributed by atoms with van der Waals surface area (Å²) in [6.45, 7) is 0.490. The van der Waals surface area contributed by atoms with Crippen LogP contribution in [0.3, 0.4) is 0 Å². The SMILES string of the molecule is O=C(O)CNCCCC(Oc1ccc(C(=O)c2ccc(Cl)cc2)cc1)c1ccc(Cl)cc1. The molecule has 3 aromatic carbocycles. The highest BCUT2D eigenvalue weighted by Gasteiger charge is 2.15.